The third-order valence-corrected chi connectivity index (χ3v) is 5.01. The van der Waals surface area contributed by atoms with Gasteiger partial charge in [-0.3, -0.25) is 0 Å². The molecule has 0 atom stereocenters. The van der Waals surface area contributed by atoms with E-state index in [1.54, 1.807) is 6.20 Å². The Labute approximate surface area is 116 Å². The lowest BCUT2D eigenvalue weighted by Crippen LogP contribution is -2.39. The molecule has 1 aliphatic carbocycles. The first kappa shape index (κ1) is 12.4. The summed E-state index contributed by atoms with van der Waals surface area (Å²) < 4.78 is 14.6. The molecule has 1 aliphatic heterocycles. The van der Waals surface area contributed by atoms with Gasteiger partial charge in [-0.15, -0.1) is 0 Å². The Morgan fingerprint density at radius 3 is 2.44 bits per heavy atom. The van der Waals surface area contributed by atoms with Crippen molar-refractivity contribution in [1.82, 2.24) is 4.98 Å². The summed E-state index contributed by atoms with van der Waals surface area (Å²) in [6, 6.07) is 1.50. The van der Waals surface area contributed by atoms with Crippen LogP contribution >= 0.6 is 15.9 Å². The van der Waals surface area contributed by atoms with E-state index in [0.29, 0.717) is 15.7 Å². The summed E-state index contributed by atoms with van der Waals surface area (Å²) in [7, 11) is 0. The van der Waals surface area contributed by atoms with Crippen molar-refractivity contribution in [2.24, 2.45) is 5.41 Å². The number of halogens is 2. The van der Waals surface area contributed by atoms with Gasteiger partial charge in [-0.1, -0.05) is 12.8 Å². The quantitative estimate of drug-likeness (QED) is 0.774. The highest BCUT2D eigenvalue weighted by Crippen LogP contribution is 2.46. The molecule has 2 heterocycles. The van der Waals surface area contributed by atoms with Gasteiger partial charge in [0.05, 0.1) is 0 Å². The van der Waals surface area contributed by atoms with Crippen LogP contribution < -0.4 is 4.90 Å². The average Bonchev–Trinajstić information content (AvgIpc) is 2.80. The van der Waals surface area contributed by atoms with Crippen LogP contribution in [0.5, 0.6) is 0 Å². The summed E-state index contributed by atoms with van der Waals surface area (Å²) in [6.07, 6.45) is 9.58. The van der Waals surface area contributed by atoms with E-state index >= 15 is 0 Å². The summed E-state index contributed by atoms with van der Waals surface area (Å²) in [4.78, 5) is 6.32. The van der Waals surface area contributed by atoms with Gasteiger partial charge < -0.3 is 4.90 Å². The summed E-state index contributed by atoms with van der Waals surface area (Å²) in [5.74, 6) is 0.304. The van der Waals surface area contributed by atoms with Crippen LogP contribution in [0.15, 0.2) is 16.7 Å². The van der Waals surface area contributed by atoms with E-state index in [9.17, 15) is 4.39 Å². The van der Waals surface area contributed by atoms with Crippen LogP contribution in [-0.2, 0) is 0 Å². The zero-order valence-electron chi connectivity index (χ0n) is 10.5. The minimum absolute atomic E-state index is 0.216. The van der Waals surface area contributed by atoms with Crippen molar-refractivity contribution in [1.29, 1.82) is 0 Å². The van der Waals surface area contributed by atoms with Crippen LogP contribution in [-0.4, -0.2) is 18.1 Å². The zero-order chi connectivity index (χ0) is 12.6. The van der Waals surface area contributed by atoms with Crippen molar-refractivity contribution in [3.8, 4) is 0 Å². The molecule has 1 aromatic rings. The second-order valence-corrected chi connectivity index (χ2v) is 6.57. The van der Waals surface area contributed by atoms with E-state index in [1.165, 1.54) is 44.6 Å². The minimum Gasteiger partial charge on any atom is -0.354 e. The summed E-state index contributed by atoms with van der Waals surface area (Å²) >= 11 is 3.25. The van der Waals surface area contributed by atoms with E-state index in [2.05, 4.69) is 25.8 Å². The fraction of sp³-hybridized carbons (Fsp3) is 0.643. The molecule has 1 saturated heterocycles. The second-order valence-electron chi connectivity index (χ2n) is 5.65. The van der Waals surface area contributed by atoms with Gasteiger partial charge in [0.1, 0.15) is 0 Å². The molecule has 1 aromatic heterocycles. The Kier molecular flexibility index (Phi) is 3.31. The summed E-state index contributed by atoms with van der Waals surface area (Å²) in [5, 5.41) is 0. The van der Waals surface area contributed by atoms with Crippen LogP contribution in [0.3, 0.4) is 0 Å². The Morgan fingerprint density at radius 1 is 1.17 bits per heavy atom. The van der Waals surface area contributed by atoms with Crippen LogP contribution in [0.1, 0.15) is 38.5 Å². The van der Waals surface area contributed by atoms with Crippen molar-refractivity contribution in [2.75, 3.05) is 18.0 Å². The van der Waals surface area contributed by atoms with E-state index in [4.69, 9.17) is 0 Å². The lowest BCUT2D eigenvalue weighted by atomic mass is 9.77. The predicted octanol–water partition coefficient (Wildman–Crippen LogP) is 4.14. The molecule has 0 bridgehead atoms. The van der Waals surface area contributed by atoms with Gasteiger partial charge in [0, 0.05) is 23.8 Å². The van der Waals surface area contributed by atoms with E-state index in [-0.39, 0.29) is 5.82 Å². The van der Waals surface area contributed by atoms with Gasteiger partial charge in [0.2, 0.25) is 0 Å². The van der Waals surface area contributed by atoms with E-state index < -0.39 is 0 Å². The van der Waals surface area contributed by atoms with Crippen molar-refractivity contribution >= 4 is 21.7 Å². The highest BCUT2D eigenvalue weighted by atomic mass is 79.9. The number of rotatable bonds is 1. The molecule has 0 N–H and O–H groups in total. The molecule has 2 fully saturated rings. The molecule has 2 aliphatic rings. The fourth-order valence-electron chi connectivity index (χ4n) is 3.46. The Hall–Kier alpha value is -0.640. The van der Waals surface area contributed by atoms with E-state index in [0.717, 1.165) is 13.1 Å². The van der Waals surface area contributed by atoms with Crippen LogP contribution in [0, 0.1) is 11.2 Å². The molecule has 1 spiro atoms. The normalized spacial score (nSPS) is 22.7. The van der Waals surface area contributed by atoms with Crippen molar-refractivity contribution in [3.05, 3.63) is 22.6 Å². The first-order valence-electron chi connectivity index (χ1n) is 6.75. The molecule has 0 amide bonds. The lowest BCUT2D eigenvalue weighted by Gasteiger charge is -2.40. The predicted molar refractivity (Wildman–Crippen MR) is 74.2 cm³/mol. The summed E-state index contributed by atoms with van der Waals surface area (Å²) in [5.41, 5.74) is 0.572. The highest BCUT2D eigenvalue weighted by molar-refractivity contribution is 9.10. The van der Waals surface area contributed by atoms with Gasteiger partial charge in [0.15, 0.2) is 11.6 Å². The van der Waals surface area contributed by atoms with Crippen LogP contribution in [0.4, 0.5) is 10.2 Å². The molecule has 4 heteroatoms. The van der Waals surface area contributed by atoms with Crippen molar-refractivity contribution in [2.45, 2.75) is 38.5 Å². The number of nitrogens with zero attached hydrogens (tertiary/aromatic N) is 2. The molecule has 3 rings (SSSR count). The number of hydrogen-bond donors (Lipinski definition) is 0. The third kappa shape index (κ3) is 2.27. The number of hydrogen-bond acceptors (Lipinski definition) is 2. The third-order valence-electron chi connectivity index (χ3n) is 4.58. The molecule has 98 valence electrons. The first-order chi connectivity index (χ1) is 8.69. The SMILES string of the molecule is Fc1cc(Br)cnc1N1CCC2(CCCC2)CC1. The molecule has 2 nitrogen and oxygen atoms in total. The van der Waals surface area contributed by atoms with Gasteiger partial charge in [-0.2, -0.15) is 0 Å². The van der Waals surface area contributed by atoms with E-state index in [1.807, 2.05) is 0 Å². The molecular formula is C14H18BrFN2. The molecule has 0 unspecified atom stereocenters. The summed E-state index contributed by atoms with van der Waals surface area (Å²) in [6.45, 7) is 1.90. The first-order valence-corrected chi connectivity index (χ1v) is 7.54. The van der Waals surface area contributed by atoms with Gasteiger partial charge >= 0.3 is 0 Å². The van der Waals surface area contributed by atoms with Crippen LogP contribution in [0.2, 0.25) is 0 Å². The standard InChI is InChI=1S/C14H18BrFN2/c15-11-9-12(16)13(17-10-11)18-7-5-14(6-8-18)3-1-2-4-14/h9-10H,1-8H2. The van der Waals surface area contributed by atoms with Crippen molar-refractivity contribution < 1.29 is 4.39 Å². The molecule has 0 radical (unpaired) electrons. The number of aromatic nitrogens is 1. The molecule has 1 saturated carbocycles. The maximum absolute atomic E-state index is 13.9. The Morgan fingerprint density at radius 2 is 1.83 bits per heavy atom. The maximum Gasteiger partial charge on any atom is 0.166 e. The number of anilines is 1. The van der Waals surface area contributed by atoms with Crippen molar-refractivity contribution in [3.63, 3.8) is 0 Å². The second kappa shape index (κ2) is 4.80. The molecular weight excluding hydrogens is 295 g/mol. The maximum atomic E-state index is 13.9. The minimum atomic E-state index is -0.216. The lowest BCUT2D eigenvalue weighted by molar-refractivity contribution is 0.225. The Bertz CT molecular complexity index is 433. The largest absolute Gasteiger partial charge is 0.354 e. The van der Waals surface area contributed by atoms with Crippen LogP contribution in [0.25, 0.3) is 0 Å². The zero-order valence-corrected chi connectivity index (χ0v) is 12.0. The average molecular weight is 313 g/mol. The van der Waals surface area contributed by atoms with Gasteiger partial charge in [0.25, 0.3) is 0 Å². The highest BCUT2D eigenvalue weighted by Gasteiger charge is 2.37. The van der Waals surface area contributed by atoms with Gasteiger partial charge in [-0.05, 0) is 53.1 Å². The number of pyridine rings is 1. The molecule has 18 heavy (non-hydrogen) atoms. The molecule has 0 aromatic carbocycles. The van der Waals surface area contributed by atoms with Gasteiger partial charge in [-0.25, -0.2) is 9.37 Å². The number of piperidine rings is 1. The smallest absolute Gasteiger partial charge is 0.166 e. The fourth-order valence-corrected chi connectivity index (χ4v) is 3.76. The topological polar surface area (TPSA) is 16.1 Å². The Balaban J connectivity index is 1.72. The monoisotopic (exact) mass is 312 g/mol.